The van der Waals surface area contributed by atoms with Crippen LogP contribution in [0.3, 0.4) is 0 Å². The molecule has 116 valence electrons. The van der Waals surface area contributed by atoms with E-state index in [0.717, 1.165) is 62.3 Å². The zero-order valence-electron chi connectivity index (χ0n) is 13.0. The van der Waals surface area contributed by atoms with Crippen molar-refractivity contribution < 1.29 is 4.74 Å². The first kappa shape index (κ1) is 17.7. The van der Waals surface area contributed by atoms with Gasteiger partial charge in [-0.3, -0.25) is 4.68 Å². The summed E-state index contributed by atoms with van der Waals surface area (Å²) in [5.74, 6) is 0. The lowest BCUT2D eigenvalue weighted by atomic mass is 10.3. The maximum atomic E-state index is 5.55. The third kappa shape index (κ3) is 5.54. The molecule has 1 aromatic heterocycles. The van der Waals surface area contributed by atoms with Crippen molar-refractivity contribution in [3.8, 4) is 0 Å². The Morgan fingerprint density at radius 1 is 1.20 bits per heavy atom. The zero-order chi connectivity index (χ0) is 14.8. The average molecular weight is 346 g/mol. The van der Waals surface area contributed by atoms with Gasteiger partial charge in [-0.2, -0.15) is 5.10 Å². The van der Waals surface area contributed by atoms with Crippen LogP contribution in [0, 0.1) is 0 Å². The van der Waals surface area contributed by atoms with Crippen molar-refractivity contribution in [2.45, 2.75) is 59.5 Å². The van der Waals surface area contributed by atoms with Gasteiger partial charge >= 0.3 is 0 Å². The van der Waals surface area contributed by atoms with Crippen LogP contribution in [0.25, 0.3) is 0 Å². The van der Waals surface area contributed by atoms with Crippen LogP contribution < -0.4 is 5.32 Å². The van der Waals surface area contributed by atoms with Crippen molar-refractivity contribution in [2.24, 2.45) is 0 Å². The van der Waals surface area contributed by atoms with E-state index in [0.29, 0.717) is 0 Å². The second-order valence-electron chi connectivity index (χ2n) is 4.87. The molecule has 0 atom stereocenters. The summed E-state index contributed by atoms with van der Waals surface area (Å²) >= 11 is 3.67. The molecular formula is C15H28BrN3O. The molecule has 0 aliphatic carbocycles. The minimum absolute atomic E-state index is 0.849. The van der Waals surface area contributed by atoms with Crippen molar-refractivity contribution in [1.82, 2.24) is 15.1 Å². The van der Waals surface area contributed by atoms with Crippen molar-refractivity contribution in [1.29, 1.82) is 0 Å². The SMILES string of the molecule is CCCCOCCCNCc1c(Br)c(CC)nn1CC. The molecule has 0 unspecified atom stereocenters. The summed E-state index contributed by atoms with van der Waals surface area (Å²) in [7, 11) is 0. The van der Waals surface area contributed by atoms with Gasteiger partial charge in [0, 0.05) is 26.3 Å². The zero-order valence-corrected chi connectivity index (χ0v) is 14.6. The third-order valence-corrected chi connectivity index (χ3v) is 4.19. The highest BCUT2D eigenvalue weighted by molar-refractivity contribution is 9.10. The molecule has 1 N–H and O–H groups in total. The topological polar surface area (TPSA) is 39.1 Å². The van der Waals surface area contributed by atoms with Crippen LogP contribution in [0.1, 0.15) is 51.4 Å². The highest BCUT2D eigenvalue weighted by Crippen LogP contribution is 2.22. The second-order valence-corrected chi connectivity index (χ2v) is 5.67. The summed E-state index contributed by atoms with van der Waals surface area (Å²) in [6, 6.07) is 0. The van der Waals surface area contributed by atoms with Crippen molar-refractivity contribution in [3.63, 3.8) is 0 Å². The van der Waals surface area contributed by atoms with E-state index in [4.69, 9.17) is 4.74 Å². The van der Waals surface area contributed by atoms with E-state index in [1.54, 1.807) is 0 Å². The normalized spacial score (nSPS) is 11.2. The fourth-order valence-electron chi connectivity index (χ4n) is 2.04. The highest BCUT2D eigenvalue weighted by atomic mass is 79.9. The number of nitrogens with one attached hydrogen (secondary N) is 1. The van der Waals surface area contributed by atoms with Gasteiger partial charge in [0.05, 0.1) is 15.9 Å². The van der Waals surface area contributed by atoms with Crippen molar-refractivity contribution in [3.05, 3.63) is 15.9 Å². The van der Waals surface area contributed by atoms with Gasteiger partial charge in [-0.25, -0.2) is 0 Å². The number of aromatic nitrogens is 2. The average Bonchev–Trinajstić information content (AvgIpc) is 2.78. The highest BCUT2D eigenvalue weighted by Gasteiger charge is 2.12. The minimum Gasteiger partial charge on any atom is -0.381 e. The number of rotatable bonds is 11. The molecule has 0 aliphatic heterocycles. The van der Waals surface area contributed by atoms with Gasteiger partial charge in [0.15, 0.2) is 0 Å². The molecule has 0 saturated heterocycles. The first-order valence-electron chi connectivity index (χ1n) is 7.77. The lowest BCUT2D eigenvalue weighted by molar-refractivity contribution is 0.128. The number of unbranched alkanes of at least 4 members (excludes halogenated alkanes) is 1. The standard InChI is InChI=1S/C15H28BrN3O/c1-4-7-10-20-11-8-9-17-12-14-15(16)13(5-2)18-19(14)6-3/h17H,4-12H2,1-3H3. The second kappa shape index (κ2) is 10.4. The van der Waals surface area contributed by atoms with Crippen LogP contribution in [-0.4, -0.2) is 29.5 Å². The van der Waals surface area contributed by atoms with Crippen LogP contribution in [0.5, 0.6) is 0 Å². The molecule has 5 heteroatoms. The van der Waals surface area contributed by atoms with Gasteiger partial charge in [-0.1, -0.05) is 20.3 Å². The van der Waals surface area contributed by atoms with E-state index < -0.39 is 0 Å². The quantitative estimate of drug-likeness (QED) is 0.623. The maximum absolute atomic E-state index is 5.55. The van der Waals surface area contributed by atoms with Gasteiger partial charge in [0.2, 0.25) is 0 Å². The van der Waals surface area contributed by atoms with Gasteiger partial charge in [0.1, 0.15) is 0 Å². The largest absolute Gasteiger partial charge is 0.381 e. The van der Waals surface area contributed by atoms with Gasteiger partial charge < -0.3 is 10.1 Å². The Kier molecular flexibility index (Phi) is 9.14. The predicted octanol–water partition coefficient (Wildman–Crippen LogP) is 3.52. The van der Waals surface area contributed by atoms with Crippen LogP contribution in [-0.2, 0) is 24.2 Å². The molecule has 0 aromatic carbocycles. The molecule has 0 amide bonds. The lowest BCUT2D eigenvalue weighted by Gasteiger charge is -2.08. The maximum Gasteiger partial charge on any atom is 0.0767 e. The number of halogens is 1. The first-order valence-corrected chi connectivity index (χ1v) is 8.56. The number of hydrogen-bond acceptors (Lipinski definition) is 3. The Morgan fingerprint density at radius 2 is 1.95 bits per heavy atom. The Hall–Kier alpha value is -0.390. The van der Waals surface area contributed by atoms with E-state index in [-0.39, 0.29) is 0 Å². The van der Waals surface area contributed by atoms with Crippen LogP contribution in [0.2, 0.25) is 0 Å². The van der Waals surface area contributed by atoms with Gasteiger partial charge in [-0.05, 0) is 48.7 Å². The first-order chi connectivity index (χ1) is 9.74. The number of aryl methyl sites for hydroxylation is 2. The van der Waals surface area contributed by atoms with Gasteiger partial charge in [0.25, 0.3) is 0 Å². The van der Waals surface area contributed by atoms with Crippen molar-refractivity contribution >= 4 is 15.9 Å². The monoisotopic (exact) mass is 345 g/mol. The number of hydrogen-bond donors (Lipinski definition) is 1. The van der Waals surface area contributed by atoms with Crippen LogP contribution >= 0.6 is 15.9 Å². The lowest BCUT2D eigenvalue weighted by Crippen LogP contribution is -2.19. The van der Waals surface area contributed by atoms with Crippen LogP contribution in [0.15, 0.2) is 4.47 Å². The Balaban J connectivity index is 2.26. The molecule has 0 aliphatic rings. The molecule has 20 heavy (non-hydrogen) atoms. The predicted molar refractivity (Wildman–Crippen MR) is 87.0 cm³/mol. The molecule has 0 saturated carbocycles. The molecule has 1 rings (SSSR count). The summed E-state index contributed by atoms with van der Waals surface area (Å²) < 4.78 is 8.79. The van der Waals surface area contributed by atoms with Crippen LogP contribution in [0.4, 0.5) is 0 Å². The fraction of sp³-hybridized carbons (Fsp3) is 0.800. The summed E-state index contributed by atoms with van der Waals surface area (Å²) in [4.78, 5) is 0. The number of ether oxygens (including phenoxy) is 1. The van der Waals surface area contributed by atoms with E-state index in [1.807, 2.05) is 0 Å². The molecule has 0 spiro atoms. The third-order valence-electron chi connectivity index (χ3n) is 3.27. The number of nitrogens with zero attached hydrogens (tertiary/aromatic N) is 2. The summed E-state index contributed by atoms with van der Waals surface area (Å²) in [6.07, 6.45) is 4.39. The molecular weight excluding hydrogens is 318 g/mol. The van der Waals surface area contributed by atoms with E-state index >= 15 is 0 Å². The van der Waals surface area contributed by atoms with Crippen molar-refractivity contribution in [2.75, 3.05) is 19.8 Å². The summed E-state index contributed by atoms with van der Waals surface area (Å²) in [5.41, 5.74) is 2.39. The Bertz CT molecular complexity index is 379. The molecule has 0 bridgehead atoms. The fourth-order valence-corrected chi connectivity index (χ4v) is 2.75. The molecule has 1 heterocycles. The Morgan fingerprint density at radius 3 is 2.60 bits per heavy atom. The molecule has 4 nitrogen and oxygen atoms in total. The molecule has 1 aromatic rings. The van der Waals surface area contributed by atoms with E-state index in [2.05, 4.69) is 51.8 Å². The summed E-state index contributed by atoms with van der Waals surface area (Å²) in [6.45, 7) is 10.9. The molecule has 0 fully saturated rings. The summed E-state index contributed by atoms with van der Waals surface area (Å²) in [5, 5.41) is 8.08. The Labute approximate surface area is 131 Å². The van der Waals surface area contributed by atoms with E-state index in [1.165, 1.54) is 12.1 Å². The van der Waals surface area contributed by atoms with E-state index in [9.17, 15) is 0 Å². The smallest absolute Gasteiger partial charge is 0.0767 e. The minimum atomic E-state index is 0.849. The van der Waals surface area contributed by atoms with Gasteiger partial charge in [-0.15, -0.1) is 0 Å². The molecule has 0 radical (unpaired) electrons.